The third kappa shape index (κ3) is 8.28. The van der Waals surface area contributed by atoms with Crippen molar-refractivity contribution in [2.45, 2.75) is 33.6 Å². The molecule has 0 aliphatic heterocycles. The molecular formula is C33H32F4N6O2. The molecule has 12 heteroatoms. The Labute approximate surface area is 258 Å². The Kier molecular flexibility index (Phi) is 11.3. The van der Waals surface area contributed by atoms with E-state index in [-0.39, 0.29) is 12.3 Å². The molecule has 0 heterocycles. The SMILES string of the molecule is CCCCNc1c(F)c(F)c(C(=O)Oc2ccc(N=Nc3ccc(N=Nc4ccc(N(CC)CC)cc4)cc3)cc2)c(F)c1F. The molecule has 0 aliphatic rings. The number of carbonyl (C=O) groups excluding carboxylic acids is 1. The fourth-order valence-corrected chi connectivity index (χ4v) is 4.23. The van der Waals surface area contributed by atoms with Crippen LogP contribution in [0.3, 0.4) is 0 Å². The molecule has 0 aromatic heterocycles. The van der Waals surface area contributed by atoms with Crippen molar-refractivity contribution in [3.05, 3.63) is 102 Å². The summed E-state index contributed by atoms with van der Waals surface area (Å²) in [5.41, 5.74) is 0.959. The second kappa shape index (κ2) is 15.6. The van der Waals surface area contributed by atoms with Gasteiger partial charge in [0.25, 0.3) is 0 Å². The average molecular weight is 621 g/mol. The second-order valence-electron chi connectivity index (χ2n) is 9.77. The fourth-order valence-electron chi connectivity index (χ4n) is 4.23. The lowest BCUT2D eigenvalue weighted by Crippen LogP contribution is -2.21. The van der Waals surface area contributed by atoms with Crippen molar-refractivity contribution < 1.29 is 27.1 Å². The maximum atomic E-state index is 14.5. The highest BCUT2D eigenvalue weighted by Gasteiger charge is 2.30. The number of carbonyl (C=O) groups is 1. The third-order valence-corrected chi connectivity index (χ3v) is 6.74. The Bertz CT molecular complexity index is 1630. The van der Waals surface area contributed by atoms with E-state index >= 15 is 0 Å². The molecule has 1 N–H and O–H groups in total. The lowest BCUT2D eigenvalue weighted by atomic mass is 10.1. The number of unbranched alkanes of at least 4 members (excludes halogenated alkanes) is 1. The predicted octanol–water partition coefficient (Wildman–Crippen LogP) is 10.4. The summed E-state index contributed by atoms with van der Waals surface area (Å²) in [5.74, 6) is -8.82. The minimum absolute atomic E-state index is 0.0984. The summed E-state index contributed by atoms with van der Waals surface area (Å²) in [6.07, 6.45) is 1.22. The van der Waals surface area contributed by atoms with Gasteiger partial charge in [-0.2, -0.15) is 20.5 Å². The van der Waals surface area contributed by atoms with Crippen LogP contribution in [0.15, 0.2) is 93.3 Å². The van der Waals surface area contributed by atoms with E-state index in [1.54, 1.807) is 24.3 Å². The molecule has 0 bridgehead atoms. The first-order valence-electron chi connectivity index (χ1n) is 14.5. The topological polar surface area (TPSA) is 91.0 Å². The number of esters is 1. The van der Waals surface area contributed by atoms with Crippen LogP contribution in [0.2, 0.25) is 0 Å². The Hall–Kier alpha value is -5.13. The molecule has 0 amide bonds. The molecule has 0 saturated heterocycles. The summed E-state index contributed by atoms with van der Waals surface area (Å²) in [6, 6.07) is 20.2. The zero-order valence-electron chi connectivity index (χ0n) is 25.0. The van der Waals surface area contributed by atoms with E-state index in [9.17, 15) is 22.4 Å². The van der Waals surface area contributed by atoms with Crippen molar-refractivity contribution >= 4 is 40.1 Å². The minimum Gasteiger partial charge on any atom is -0.423 e. The smallest absolute Gasteiger partial charge is 0.349 e. The molecule has 0 fully saturated rings. The Morgan fingerprint density at radius 3 is 1.51 bits per heavy atom. The van der Waals surface area contributed by atoms with E-state index in [1.807, 2.05) is 31.2 Å². The zero-order valence-corrected chi connectivity index (χ0v) is 25.0. The summed E-state index contributed by atoms with van der Waals surface area (Å²) in [6.45, 7) is 7.99. The van der Waals surface area contributed by atoms with Crippen LogP contribution in [0.25, 0.3) is 0 Å². The molecule has 0 aliphatic carbocycles. The van der Waals surface area contributed by atoms with Crippen LogP contribution in [0.4, 0.5) is 51.7 Å². The molecule has 4 aromatic rings. The highest BCUT2D eigenvalue weighted by molar-refractivity contribution is 5.92. The summed E-state index contributed by atoms with van der Waals surface area (Å²) in [5, 5.41) is 19.1. The van der Waals surface area contributed by atoms with Gasteiger partial charge in [-0.15, -0.1) is 0 Å². The summed E-state index contributed by atoms with van der Waals surface area (Å²) in [7, 11) is 0. The number of halogens is 4. The maximum Gasteiger partial charge on any atom is 0.349 e. The maximum absolute atomic E-state index is 14.5. The average Bonchev–Trinajstić information content (AvgIpc) is 3.06. The number of hydrogen-bond acceptors (Lipinski definition) is 8. The monoisotopic (exact) mass is 620 g/mol. The normalized spacial score (nSPS) is 11.4. The van der Waals surface area contributed by atoms with Gasteiger partial charge in [0.1, 0.15) is 17.0 Å². The van der Waals surface area contributed by atoms with Gasteiger partial charge in [-0.25, -0.2) is 22.4 Å². The number of hydrogen-bond donors (Lipinski definition) is 1. The highest BCUT2D eigenvalue weighted by Crippen LogP contribution is 2.30. The van der Waals surface area contributed by atoms with Gasteiger partial charge in [0.2, 0.25) is 0 Å². The fraction of sp³-hybridized carbons (Fsp3) is 0.242. The summed E-state index contributed by atoms with van der Waals surface area (Å²) >= 11 is 0. The molecule has 234 valence electrons. The summed E-state index contributed by atoms with van der Waals surface area (Å²) in [4.78, 5) is 14.7. The van der Waals surface area contributed by atoms with E-state index in [4.69, 9.17) is 4.74 Å². The number of anilines is 2. The van der Waals surface area contributed by atoms with Crippen LogP contribution in [0.5, 0.6) is 5.75 Å². The molecule has 0 unspecified atom stereocenters. The van der Waals surface area contributed by atoms with E-state index in [0.29, 0.717) is 29.9 Å². The van der Waals surface area contributed by atoms with Crippen molar-refractivity contribution in [1.29, 1.82) is 0 Å². The first kappa shape index (κ1) is 32.8. The van der Waals surface area contributed by atoms with Gasteiger partial charge in [-0.1, -0.05) is 13.3 Å². The molecule has 4 rings (SSSR count). The van der Waals surface area contributed by atoms with Crippen LogP contribution in [-0.2, 0) is 0 Å². The summed E-state index contributed by atoms with van der Waals surface area (Å²) < 4.78 is 62.8. The molecule has 4 aromatic carbocycles. The standard InChI is InChI=1S/C33H32F4N6O2/c1-4-7-20-38-32-30(36)28(34)27(29(35)31(32)37)33(44)45-26-18-14-24(15-19-26)42-40-22-10-8-21(9-11-22)39-41-23-12-16-25(17-13-23)43(5-2)6-3/h8-19,38H,4-7,20H2,1-3H3. The van der Waals surface area contributed by atoms with Crippen LogP contribution in [0.1, 0.15) is 44.0 Å². The third-order valence-electron chi connectivity index (χ3n) is 6.74. The Morgan fingerprint density at radius 1 is 0.667 bits per heavy atom. The van der Waals surface area contributed by atoms with Gasteiger partial charge < -0.3 is 15.0 Å². The van der Waals surface area contributed by atoms with Crippen LogP contribution in [-0.4, -0.2) is 25.6 Å². The number of nitrogens with one attached hydrogen (secondary N) is 1. The van der Waals surface area contributed by atoms with Crippen LogP contribution < -0.4 is 15.0 Å². The van der Waals surface area contributed by atoms with E-state index in [2.05, 4.69) is 44.5 Å². The molecule has 8 nitrogen and oxygen atoms in total. The van der Waals surface area contributed by atoms with E-state index < -0.39 is 40.5 Å². The Morgan fingerprint density at radius 2 is 1.09 bits per heavy atom. The van der Waals surface area contributed by atoms with Gasteiger partial charge in [0.05, 0.1) is 22.7 Å². The van der Waals surface area contributed by atoms with Gasteiger partial charge in [0, 0.05) is 25.3 Å². The van der Waals surface area contributed by atoms with Gasteiger partial charge in [0.15, 0.2) is 23.3 Å². The molecule has 45 heavy (non-hydrogen) atoms. The molecule has 0 saturated carbocycles. The predicted molar refractivity (Wildman–Crippen MR) is 166 cm³/mol. The number of ether oxygens (including phenoxy) is 1. The van der Waals surface area contributed by atoms with Gasteiger partial charge >= 0.3 is 5.97 Å². The van der Waals surface area contributed by atoms with Crippen LogP contribution in [0, 0.1) is 23.3 Å². The van der Waals surface area contributed by atoms with Crippen LogP contribution >= 0.6 is 0 Å². The van der Waals surface area contributed by atoms with Crippen molar-refractivity contribution in [1.82, 2.24) is 0 Å². The highest BCUT2D eigenvalue weighted by atomic mass is 19.2. The molecule has 0 radical (unpaired) electrons. The zero-order chi connectivity index (χ0) is 32.3. The molecule has 0 spiro atoms. The van der Waals surface area contributed by atoms with Gasteiger partial charge in [-0.05, 0) is 93.1 Å². The van der Waals surface area contributed by atoms with Crippen molar-refractivity contribution in [2.75, 3.05) is 29.9 Å². The first-order valence-corrected chi connectivity index (χ1v) is 14.5. The molecular weight excluding hydrogens is 588 g/mol. The van der Waals surface area contributed by atoms with E-state index in [0.717, 1.165) is 24.5 Å². The van der Waals surface area contributed by atoms with Gasteiger partial charge in [-0.3, -0.25) is 0 Å². The minimum atomic E-state index is -1.85. The number of azo groups is 2. The first-order chi connectivity index (χ1) is 21.7. The number of nitrogens with zero attached hydrogens (tertiary/aromatic N) is 5. The molecule has 0 atom stereocenters. The quantitative estimate of drug-likeness (QED) is 0.0402. The largest absolute Gasteiger partial charge is 0.423 e. The second-order valence-corrected chi connectivity index (χ2v) is 9.77. The van der Waals surface area contributed by atoms with Crippen molar-refractivity contribution in [3.63, 3.8) is 0 Å². The van der Waals surface area contributed by atoms with Crippen molar-refractivity contribution in [3.8, 4) is 5.75 Å². The van der Waals surface area contributed by atoms with E-state index in [1.165, 1.54) is 24.3 Å². The van der Waals surface area contributed by atoms with Crippen molar-refractivity contribution in [2.24, 2.45) is 20.5 Å². The number of benzene rings is 4. The Balaban J connectivity index is 1.36. The lowest BCUT2D eigenvalue weighted by molar-refractivity contribution is 0.0722. The number of rotatable bonds is 13. The lowest BCUT2D eigenvalue weighted by Gasteiger charge is -2.20.